The molecule has 0 N–H and O–H groups in total. The van der Waals surface area contributed by atoms with Crippen molar-refractivity contribution in [2.45, 2.75) is 6.18 Å². The van der Waals surface area contributed by atoms with Crippen LogP contribution in [0.25, 0.3) is 0 Å². The summed E-state index contributed by atoms with van der Waals surface area (Å²) in [4.78, 5) is 0. The van der Waals surface area contributed by atoms with Crippen molar-refractivity contribution in [3.05, 3.63) is 11.9 Å². The van der Waals surface area contributed by atoms with Crippen molar-refractivity contribution in [3.63, 3.8) is 0 Å². The molecule has 0 saturated heterocycles. The second-order valence-corrected chi connectivity index (χ2v) is 1.78. The quantitative estimate of drug-likeness (QED) is 0.549. The van der Waals surface area contributed by atoms with Crippen LogP contribution in [0.5, 0.6) is 0 Å². The molecule has 0 bridgehead atoms. The molecule has 0 unspecified atom stereocenters. The largest absolute Gasteiger partial charge is 0.436 e. The van der Waals surface area contributed by atoms with Crippen LogP contribution in [0.1, 0.15) is 5.69 Å². The molecule has 0 saturated carbocycles. The van der Waals surface area contributed by atoms with Gasteiger partial charge in [-0.15, -0.1) is 5.10 Å². The third-order valence-electron chi connectivity index (χ3n) is 0.893. The highest BCUT2D eigenvalue weighted by molar-refractivity contribution is 4.96. The lowest BCUT2D eigenvalue weighted by Crippen LogP contribution is -2.04. The van der Waals surface area contributed by atoms with E-state index in [1.165, 1.54) is 7.05 Å². The summed E-state index contributed by atoms with van der Waals surface area (Å²) in [7, 11) is 1.38. The molecule has 0 radical (unpaired) electrons. The number of hydrogen-bond acceptors (Lipinski definition) is 2. The van der Waals surface area contributed by atoms with Gasteiger partial charge in [-0.25, -0.2) is 0 Å². The van der Waals surface area contributed by atoms with E-state index in [2.05, 4.69) is 10.3 Å². The summed E-state index contributed by atoms with van der Waals surface area (Å²) in [6.45, 7) is 0. The van der Waals surface area contributed by atoms with Gasteiger partial charge in [0, 0.05) is 7.05 Å². The van der Waals surface area contributed by atoms with Crippen molar-refractivity contribution in [3.8, 4) is 0 Å². The fraction of sp³-hybridized carbons (Fsp3) is 0.500. The lowest BCUT2D eigenvalue weighted by Gasteiger charge is -1.97. The lowest BCUT2D eigenvalue weighted by atomic mass is 10.5. The molecule has 0 aromatic carbocycles. The van der Waals surface area contributed by atoms with Crippen molar-refractivity contribution in [1.29, 1.82) is 0 Å². The van der Waals surface area contributed by atoms with E-state index in [4.69, 9.17) is 0 Å². The molecule has 0 aliphatic heterocycles. The number of aryl methyl sites for hydroxylation is 1. The standard InChI is InChI=1S/C4H4F3N3/c1-10-2-3(8-9-10)4(5,6)7/h2H,1H3. The van der Waals surface area contributed by atoms with E-state index < -0.39 is 11.9 Å². The Balaban J connectivity index is 2.96. The van der Waals surface area contributed by atoms with E-state index in [-0.39, 0.29) is 0 Å². The zero-order valence-corrected chi connectivity index (χ0v) is 5.05. The summed E-state index contributed by atoms with van der Waals surface area (Å²) in [5, 5.41) is 6.00. The molecule has 1 aromatic rings. The average molecular weight is 151 g/mol. The molecule has 0 spiro atoms. The molecule has 0 atom stereocenters. The van der Waals surface area contributed by atoms with Gasteiger partial charge in [0.15, 0.2) is 5.69 Å². The predicted molar refractivity (Wildman–Crippen MR) is 26.0 cm³/mol. The Bertz CT molecular complexity index is 226. The van der Waals surface area contributed by atoms with Gasteiger partial charge in [0.25, 0.3) is 0 Å². The number of halogens is 3. The first-order chi connectivity index (χ1) is 4.50. The third-order valence-corrected chi connectivity index (χ3v) is 0.893. The fourth-order valence-corrected chi connectivity index (χ4v) is 0.477. The normalized spacial score (nSPS) is 12.0. The zero-order chi connectivity index (χ0) is 7.78. The van der Waals surface area contributed by atoms with Gasteiger partial charge in [0.05, 0.1) is 6.20 Å². The third kappa shape index (κ3) is 1.26. The minimum absolute atomic E-state index is 0.819. The van der Waals surface area contributed by atoms with Gasteiger partial charge < -0.3 is 0 Å². The maximum Gasteiger partial charge on any atom is 0.436 e. The maximum atomic E-state index is 11.7. The Hall–Kier alpha value is -1.07. The van der Waals surface area contributed by atoms with Gasteiger partial charge in [-0.2, -0.15) is 13.2 Å². The van der Waals surface area contributed by atoms with Crippen LogP contribution in [0.3, 0.4) is 0 Å². The molecule has 0 aliphatic rings. The molecule has 56 valence electrons. The molecule has 0 amide bonds. The molecule has 1 heterocycles. The van der Waals surface area contributed by atoms with E-state index in [0.29, 0.717) is 0 Å². The zero-order valence-electron chi connectivity index (χ0n) is 5.05. The summed E-state index contributed by atoms with van der Waals surface area (Å²) in [6, 6.07) is 0. The number of alkyl halides is 3. The van der Waals surface area contributed by atoms with Crippen LogP contribution in [-0.4, -0.2) is 15.0 Å². The van der Waals surface area contributed by atoms with Crippen LogP contribution >= 0.6 is 0 Å². The van der Waals surface area contributed by atoms with E-state index in [9.17, 15) is 13.2 Å². The average Bonchev–Trinajstić information content (AvgIpc) is 2.11. The lowest BCUT2D eigenvalue weighted by molar-refractivity contribution is -0.141. The summed E-state index contributed by atoms with van der Waals surface area (Å²) in [6.07, 6.45) is -3.56. The number of aromatic nitrogens is 3. The molecule has 0 aliphatic carbocycles. The van der Waals surface area contributed by atoms with Crippen molar-refractivity contribution < 1.29 is 13.2 Å². The van der Waals surface area contributed by atoms with E-state index in [1.807, 2.05) is 0 Å². The van der Waals surface area contributed by atoms with Gasteiger partial charge in [0.2, 0.25) is 0 Å². The Kier molecular flexibility index (Phi) is 1.38. The van der Waals surface area contributed by atoms with E-state index in [0.717, 1.165) is 10.9 Å². The van der Waals surface area contributed by atoms with Crippen molar-refractivity contribution in [2.75, 3.05) is 0 Å². The van der Waals surface area contributed by atoms with Gasteiger partial charge in [-0.1, -0.05) is 5.21 Å². The van der Waals surface area contributed by atoms with E-state index >= 15 is 0 Å². The van der Waals surface area contributed by atoms with Crippen LogP contribution in [0.2, 0.25) is 0 Å². The van der Waals surface area contributed by atoms with Crippen molar-refractivity contribution >= 4 is 0 Å². The summed E-state index contributed by atoms with van der Waals surface area (Å²) in [5.74, 6) is 0. The van der Waals surface area contributed by atoms with Crippen LogP contribution < -0.4 is 0 Å². The first kappa shape index (κ1) is 7.04. The minimum Gasteiger partial charge on any atom is -0.255 e. The van der Waals surface area contributed by atoms with Gasteiger partial charge in [-0.05, 0) is 0 Å². The number of hydrogen-bond donors (Lipinski definition) is 0. The second-order valence-electron chi connectivity index (χ2n) is 1.78. The highest BCUT2D eigenvalue weighted by Gasteiger charge is 2.33. The van der Waals surface area contributed by atoms with E-state index in [1.54, 1.807) is 0 Å². The van der Waals surface area contributed by atoms with Crippen molar-refractivity contribution in [2.24, 2.45) is 7.05 Å². The summed E-state index contributed by atoms with van der Waals surface area (Å²) in [5.41, 5.74) is -0.963. The smallest absolute Gasteiger partial charge is 0.255 e. The molecule has 10 heavy (non-hydrogen) atoms. The first-order valence-corrected chi connectivity index (χ1v) is 2.43. The molecule has 3 nitrogen and oxygen atoms in total. The topological polar surface area (TPSA) is 30.7 Å². The maximum absolute atomic E-state index is 11.7. The SMILES string of the molecule is Cn1cc(C(F)(F)F)nn1. The molecule has 6 heteroatoms. The van der Waals surface area contributed by atoms with Crippen LogP contribution in [0, 0.1) is 0 Å². The van der Waals surface area contributed by atoms with Crippen molar-refractivity contribution in [1.82, 2.24) is 15.0 Å². The summed E-state index contributed by atoms with van der Waals surface area (Å²) < 4.78 is 36.1. The Morgan fingerprint density at radius 1 is 1.50 bits per heavy atom. The fourth-order valence-electron chi connectivity index (χ4n) is 0.477. The monoisotopic (exact) mass is 151 g/mol. The Morgan fingerprint density at radius 2 is 2.10 bits per heavy atom. The predicted octanol–water partition coefficient (Wildman–Crippen LogP) is 0.834. The van der Waals surface area contributed by atoms with Crippen LogP contribution in [-0.2, 0) is 13.2 Å². The van der Waals surface area contributed by atoms with Gasteiger partial charge in [-0.3, -0.25) is 4.68 Å². The molecule has 0 fully saturated rings. The highest BCUT2D eigenvalue weighted by atomic mass is 19.4. The Labute approximate surface area is 54.5 Å². The number of rotatable bonds is 0. The molecule has 1 aromatic heterocycles. The van der Waals surface area contributed by atoms with Gasteiger partial charge >= 0.3 is 6.18 Å². The molecular weight excluding hydrogens is 147 g/mol. The highest BCUT2D eigenvalue weighted by Crippen LogP contribution is 2.26. The van der Waals surface area contributed by atoms with Crippen LogP contribution in [0.15, 0.2) is 6.20 Å². The number of nitrogens with zero attached hydrogens (tertiary/aromatic N) is 3. The first-order valence-electron chi connectivity index (χ1n) is 2.43. The Morgan fingerprint density at radius 3 is 2.30 bits per heavy atom. The van der Waals surface area contributed by atoms with Gasteiger partial charge in [0.1, 0.15) is 0 Å². The second kappa shape index (κ2) is 1.96. The molecular formula is C4H4F3N3. The molecule has 1 rings (SSSR count). The summed E-state index contributed by atoms with van der Waals surface area (Å²) >= 11 is 0. The van der Waals surface area contributed by atoms with Crippen LogP contribution in [0.4, 0.5) is 13.2 Å². The minimum atomic E-state index is -4.38.